The number of H-pyrrole nitrogens is 1. The van der Waals surface area contributed by atoms with Crippen LogP contribution in [0.1, 0.15) is 51.5 Å². The molecule has 5 nitrogen and oxygen atoms in total. The van der Waals surface area contributed by atoms with Crippen LogP contribution in [-0.2, 0) is 17.4 Å². The highest BCUT2D eigenvalue weighted by Gasteiger charge is 2.28. The van der Waals surface area contributed by atoms with E-state index in [9.17, 15) is 0 Å². The average Bonchev–Trinajstić information content (AvgIpc) is 3.12. The molecule has 4 rings (SSSR count). The molecule has 1 aromatic carbocycles. The van der Waals surface area contributed by atoms with E-state index in [1.807, 2.05) is 6.07 Å². The van der Waals surface area contributed by atoms with Crippen molar-refractivity contribution in [2.45, 2.75) is 58.9 Å². The Balaban J connectivity index is 1.69. The number of nitrogens with two attached hydrogens (primary N) is 1. The zero-order valence-electron chi connectivity index (χ0n) is 17.6. The summed E-state index contributed by atoms with van der Waals surface area (Å²) >= 11 is 0. The molecule has 0 bridgehead atoms. The van der Waals surface area contributed by atoms with Gasteiger partial charge < -0.3 is 15.1 Å². The minimum Gasteiger partial charge on any atom is -0.454 e. The second kappa shape index (κ2) is 6.09. The summed E-state index contributed by atoms with van der Waals surface area (Å²) in [6.07, 6.45) is 4.26. The Bertz CT molecular complexity index is 1170. The summed E-state index contributed by atoms with van der Waals surface area (Å²) in [7, 11) is 0. The largest absolute Gasteiger partial charge is 0.454 e. The van der Waals surface area contributed by atoms with Crippen LogP contribution in [0, 0.1) is 6.92 Å². The molecule has 0 aliphatic rings. The Hall–Kier alpha value is -2.82. The minimum absolute atomic E-state index is 0.00542. The highest BCUT2D eigenvalue weighted by atomic mass is 16.3. The van der Waals surface area contributed by atoms with Crippen molar-refractivity contribution in [3.63, 3.8) is 0 Å². The number of hydrogen-bond acceptors (Lipinski definition) is 3. The first-order valence-electron chi connectivity index (χ1n) is 9.73. The van der Waals surface area contributed by atoms with E-state index in [1.165, 1.54) is 16.5 Å². The maximum atomic E-state index is 6.24. The van der Waals surface area contributed by atoms with Gasteiger partial charge in [-0.25, -0.2) is 9.55 Å². The van der Waals surface area contributed by atoms with Crippen molar-refractivity contribution in [2.75, 3.05) is 5.73 Å². The van der Waals surface area contributed by atoms with E-state index in [1.54, 1.807) is 0 Å². The monoisotopic (exact) mass is 377 g/mol. The fourth-order valence-electron chi connectivity index (χ4n) is 4.03. The van der Waals surface area contributed by atoms with E-state index in [4.69, 9.17) is 10.2 Å². The van der Waals surface area contributed by atoms with E-state index in [0.29, 0.717) is 5.95 Å². The lowest BCUT2D eigenvalue weighted by Crippen LogP contribution is -2.42. The molecule has 0 radical (unpaired) electrons. The van der Waals surface area contributed by atoms with Gasteiger partial charge in [0.15, 0.2) is 24.3 Å². The second-order valence-electron chi connectivity index (χ2n) is 9.44. The number of aromatic amines is 1. The predicted molar refractivity (Wildman–Crippen MR) is 113 cm³/mol. The third-order valence-corrected chi connectivity index (χ3v) is 5.48. The molecule has 3 heterocycles. The van der Waals surface area contributed by atoms with E-state index in [-0.39, 0.29) is 10.8 Å². The lowest BCUT2D eigenvalue weighted by atomic mass is 9.84. The number of nitrogens with one attached hydrogen (secondary N) is 1. The van der Waals surface area contributed by atoms with Gasteiger partial charge in [0.2, 0.25) is 6.20 Å². The molecule has 28 heavy (non-hydrogen) atoms. The fraction of sp³-hybridized carbons (Fsp3) is 0.391. The second-order valence-corrected chi connectivity index (χ2v) is 9.44. The zero-order chi connectivity index (χ0) is 20.3. The molecule has 3 N–H and O–H groups in total. The Morgan fingerprint density at radius 3 is 2.61 bits per heavy atom. The molecule has 0 aliphatic heterocycles. The van der Waals surface area contributed by atoms with Crippen molar-refractivity contribution in [1.82, 2.24) is 9.97 Å². The lowest BCUT2D eigenvalue weighted by molar-refractivity contribution is -0.703. The van der Waals surface area contributed by atoms with Crippen molar-refractivity contribution in [3.05, 3.63) is 53.5 Å². The molecule has 0 amide bonds. The number of imidazole rings is 1. The van der Waals surface area contributed by atoms with E-state index < -0.39 is 0 Å². The number of nitrogen functional groups attached to an aromatic ring is 1. The van der Waals surface area contributed by atoms with Gasteiger partial charge in [0.1, 0.15) is 5.76 Å². The smallest absolute Gasteiger partial charge is 0.212 e. The quantitative estimate of drug-likeness (QED) is 0.506. The lowest BCUT2D eigenvalue weighted by Gasteiger charge is -2.21. The average molecular weight is 378 g/mol. The Labute approximate surface area is 165 Å². The summed E-state index contributed by atoms with van der Waals surface area (Å²) in [6.45, 7) is 14.0. The molecule has 0 saturated heterocycles. The van der Waals surface area contributed by atoms with Crippen LogP contribution in [0.5, 0.6) is 0 Å². The van der Waals surface area contributed by atoms with Gasteiger partial charge in [0.25, 0.3) is 0 Å². The van der Waals surface area contributed by atoms with E-state index in [2.05, 4.69) is 86.7 Å². The van der Waals surface area contributed by atoms with Crippen LogP contribution in [0.2, 0.25) is 0 Å². The molecule has 0 atom stereocenters. The van der Waals surface area contributed by atoms with E-state index in [0.717, 1.165) is 28.9 Å². The van der Waals surface area contributed by atoms with Gasteiger partial charge >= 0.3 is 0 Å². The topological polar surface area (TPSA) is 71.7 Å². The molecule has 0 unspecified atom stereocenters. The van der Waals surface area contributed by atoms with E-state index >= 15 is 0 Å². The van der Waals surface area contributed by atoms with Gasteiger partial charge in [-0.15, -0.1) is 0 Å². The molecular formula is C23H29N4O+. The maximum absolute atomic E-state index is 6.24. The van der Waals surface area contributed by atoms with Crippen LogP contribution in [-0.4, -0.2) is 9.97 Å². The van der Waals surface area contributed by atoms with Gasteiger partial charge in [0, 0.05) is 22.3 Å². The standard InChI is InChI=1S/C23H29N4O/c1-14-16-9-10-27(12-19(16)28-20(14)22(2,3)4)13-23(5,6)15-7-8-17-18(11-15)26-21(24)25-17/h7-12H,13H2,1-6H3,(H3,24,25,26)/q+1. The number of benzene rings is 1. The summed E-state index contributed by atoms with van der Waals surface area (Å²) in [4.78, 5) is 7.42. The number of fused-ring (bicyclic) bond motifs is 2. The summed E-state index contributed by atoms with van der Waals surface area (Å²) in [5.74, 6) is 1.51. The van der Waals surface area contributed by atoms with Crippen LogP contribution in [0.4, 0.5) is 5.95 Å². The molecule has 0 aliphatic carbocycles. The predicted octanol–water partition coefficient (Wildman–Crippen LogP) is 4.76. The summed E-state index contributed by atoms with van der Waals surface area (Å²) < 4.78 is 8.45. The van der Waals surface area contributed by atoms with Crippen LogP contribution in [0.3, 0.4) is 0 Å². The van der Waals surface area contributed by atoms with Crippen LogP contribution >= 0.6 is 0 Å². The first kappa shape index (κ1) is 18.5. The molecule has 5 heteroatoms. The van der Waals surface area contributed by atoms with Crippen molar-refractivity contribution < 1.29 is 8.98 Å². The SMILES string of the molecule is Cc1c(C(C)(C)C)oc2c[n+](CC(C)(C)c3ccc4nc(N)[nH]c4c3)ccc12. The number of furan rings is 1. The summed E-state index contributed by atoms with van der Waals surface area (Å²) in [5.41, 5.74) is 11.0. The minimum atomic E-state index is -0.0686. The molecule has 0 spiro atoms. The first-order chi connectivity index (χ1) is 13.0. The van der Waals surface area contributed by atoms with Crippen molar-refractivity contribution in [3.8, 4) is 0 Å². The number of hydrogen-bond donors (Lipinski definition) is 2. The maximum Gasteiger partial charge on any atom is 0.212 e. The number of aryl methyl sites for hydroxylation is 1. The van der Waals surface area contributed by atoms with Gasteiger partial charge in [-0.3, -0.25) is 0 Å². The molecular weight excluding hydrogens is 348 g/mol. The highest BCUT2D eigenvalue weighted by Crippen LogP contribution is 2.33. The Morgan fingerprint density at radius 1 is 1.14 bits per heavy atom. The number of rotatable bonds is 3. The van der Waals surface area contributed by atoms with Gasteiger partial charge in [0.05, 0.1) is 11.0 Å². The van der Waals surface area contributed by atoms with Crippen molar-refractivity contribution >= 4 is 28.0 Å². The normalized spacial score (nSPS) is 12.9. The number of anilines is 1. The molecule has 3 aromatic heterocycles. The van der Waals surface area contributed by atoms with Crippen molar-refractivity contribution in [1.29, 1.82) is 0 Å². The summed E-state index contributed by atoms with van der Waals surface area (Å²) in [6, 6.07) is 8.47. The van der Waals surface area contributed by atoms with Crippen molar-refractivity contribution in [2.24, 2.45) is 0 Å². The third kappa shape index (κ3) is 3.15. The van der Waals surface area contributed by atoms with Crippen LogP contribution < -0.4 is 10.3 Å². The third-order valence-electron chi connectivity index (χ3n) is 5.48. The summed E-state index contributed by atoms with van der Waals surface area (Å²) in [5, 5.41) is 1.19. The number of aromatic nitrogens is 3. The Kier molecular flexibility index (Phi) is 4.03. The molecule has 4 aromatic rings. The van der Waals surface area contributed by atoms with Crippen LogP contribution in [0.25, 0.3) is 22.0 Å². The number of nitrogens with zero attached hydrogens (tertiary/aromatic N) is 2. The molecule has 0 saturated carbocycles. The van der Waals surface area contributed by atoms with Gasteiger partial charge in [-0.1, -0.05) is 26.8 Å². The highest BCUT2D eigenvalue weighted by molar-refractivity contribution is 5.81. The van der Waals surface area contributed by atoms with Gasteiger partial charge in [-0.05, 0) is 44.0 Å². The fourth-order valence-corrected chi connectivity index (χ4v) is 4.03. The molecule has 146 valence electrons. The van der Waals surface area contributed by atoms with Gasteiger partial charge in [-0.2, -0.15) is 0 Å². The molecule has 0 fully saturated rings. The first-order valence-corrected chi connectivity index (χ1v) is 9.73. The number of pyridine rings is 1. The van der Waals surface area contributed by atoms with Crippen LogP contribution in [0.15, 0.2) is 41.1 Å². The Morgan fingerprint density at radius 2 is 1.89 bits per heavy atom. The zero-order valence-corrected chi connectivity index (χ0v) is 17.6.